The van der Waals surface area contributed by atoms with Crippen molar-refractivity contribution in [1.29, 1.82) is 0 Å². The number of Topliss-reactive ketones (excluding diaryl/α,β-unsaturated/α-hetero) is 1. The van der Waals surface area contributed by atoms with Crippen molar-refractivity contribution in [1.82, 2.24) is 0 Å². The summed E-state index contributed by atoms with van der Waals surface area (Å²) in [4.78, 5) is 13.2. The number of halogens is 2. The number of hydrogen-bond acceptors (Lipinski definition) is 2. The average Bonchev–Trinajstić information content (AvgIpc) is 2.68. The van der Waals surface area contributed by atoms with Gasteiger partial charge in [0.05, 0.1) is 0 Å². The van der Waals surface area contributed by atoms with Crippen LogP contribution >= 0.6 is 43.2 Å². The average molecular weight is 374 g/mol. The van der Waals surface area contributed by atoms with Gasteiger partial charge in [-0.15, -0.1) is 11.3 Å². The maximum Gasteiger partial charge on any atom is 0.169 e. The minimum absolute atomic E-state index is 0.148. The third-order valence-electron chi connectivity index (χ3n) is 2.45. The van der Waals surface area contributed by atoms with Crippen molar-refractivity contribution < 1.29 is 4.79 Å². The number of hydrogen-bond donors (Lipinski definition) is 0. The molecular weight excluding hydrogens is 364 g/mol. The summed E-state index contributed by atoms with van der Waals surface area (Å²) in [6, 6.07) is 7.76. The van der Waals surface area contributed by atoms with Crippen LogP contribution in [0.5, 0.6) is 0 Å². The summed E-state index contributed by atoms with van der Waals surface area (Å²) in [5.74, 6) is 0.148. The molecule has 2 rings (SSSR count). The van der Waals surface area contributed by atoms with Gasteiger partial charge >= 0.3 is 0 Å². The Bertz CT molecular complexity index is 560. The molecule has 1 heterocycles. The first-order valence-electron chi connectivity index (χ1n) is 5.09. The van der Waals surface area contributed by atoms with Crippen molar-refractivity contribution in [3.05, 3.63) is 54.6 Å². The third-order valence-corrected chi connectivity index (χ3v) is 5.20. The van der Waals surface area contributed by atoms with Gasteiger partial charge in [-0.2, -0.15) is 0 Å². The molecule has 0 amide bonds. The lowest BCUT2D eigenvalue weighted by Gasteiger charge is -2.05. The number of thiophene rings is 1. The van der Waals surface area contributed by atoms with Crippen molar-refractivity contribution in [3.63, 3.8) is 0 Å². The monoisotopic (exact) mass is 372 g/mol. The minimum Gasteiger partial charge on any atom is -0.294 e. The van der Waals surface area contributed by atoms with Crippen LogP contribution < -0.4 is 0 Å². The molecule has 1 aromatic heterocycles. The normalized spacial score (nSPS) is 10.5. The van der Waals surface area contributed by atoms with E-state index >= 15 is 0 Å². The fourth-order valence-electron chi connectivity index (χ4n) is 1.56. The summed E-state index contributed by atoms with van der Waals surface area (Å²) in [5.41, 5.74) is 1.85. The fourth-order valence-corrected chi connectivity index (χ4v) is 3.50. The molecule has 1 aromatic carbocycles. The Hall–Kier alpha value is -0.450. The van der Waals surface area contributed by atoms with E-state index in [0.717, 1.165) is 24.9 Å². The number of rotatable bonds is 3. The Morgan fingerprint density at radius 1 is 1.35 bits per heavy atom. The van der Waals surface area contributed by atoms with E-state index in [1.165, 1.54) is 0 Å². The number of carbonyl (C=O) groups is 1. The highest BCUT2D eigenvalue weighted by Crippen LogP contribution is 2.25. The summed E-state index contributed by atoms with van der Waals surface area (Å²) in [7, 11) is 0. The van der Waals surface area contributed by atoms with Crippen LogP contribution in [0.4, 0.5) is 0 Å². The lowest BCUT2D eigenvalue weighted by molar-refractivity contribution is 0.0993. The van der Waals surface area contributed by atoms with E-state index in [0.29, 0.717) is 6.42 Å². The third kappa shape index (κ3) is 3.06. The van der Waals surface area contributed by atoms with Gasteiger partial charge in [0.15, 0.2) is 5.78 Å². The first-order chi connectivity index (χ1) is 8.08. The van der Waals surface area contributed by atoms with Crippen molar-refractivity contribution in [3.8, 4) is 0 Å². The van der Waals surface area contributed by atoms with Gasteiger partial charge in [-0.3, -0.25) is 4.79 Å². The lowest BCUT2D eigenvalue weighted by Crippen LogP contribution is -2.03. The summed E-state index contributed by atoms with van der Waals surface area (Å²) in [6.45, 7) is 1.99. The molecule has 88 valence electrons. The van der Waals surface area contributed by atoms with Gasteiger partial charge in [-0.1, -0.05) is 18.2 Å². The lowest BCUT2D eigenvalue weighted by atomic mass is 10.1. The Morgan fingerprint density at radius 3 is 2.76 bits per heavy atom. The number of aryl methyl sites for hydroxylation is 1. The van der Waals surface area contributed by atoms with E-state index in [2.05, 4.69) is 31.9 Å². The van der Waals surface area contributed by atoms with Gasteiger partial charge in [-0.05, 0) is 50.4 Å². The maximum atomic E-state index is 12.2. The zero-order chi connectivity index (χ0) is 12.4. The SMILES string of the molecule is Cc1cccc(C(=O)Cc2cc(Br)cs2)c1Br. The topological polar surface area (TPSA) is 17.1 Å². The quantitative estimate of drug-likeness (QED) is 0.691. The summed E-state index contributed by atoms with van der Waals surface area (Å²) in [6.07, 6.45) is 0.457. The molecule has 0 radical (unpaired) electrons. The van der Waals surface area contributed by atoms with E-state index in [1.54, 1.807) is 11.3 Å². The molecule has 0 fully saturated rings. The Labute approximate surface area is 121 Å². The van der Waals surface area contributed by atoms with Crippen LogP contribution in [0, 0.1) is 6.92 Å². The van der Waals surface area contributed by atoms with Crippen LogP contribution in [0.3, 0.4) is 0 Å². The largest absolute Gasteiger partial charge is 0.294 e. The molecular formula is C13H10Br2OS. The second-order valence-corrected chi connectivity index (χ2v) is 6.47. The molecule has 0 aliphatic carbocycles. The molecule has 17 heavy (non-hydrogen) atoms. The Kier molecular flexibility index (Phi) is 4.17. The van der Waals surface area contributed by atoms with Crippen LogP contribution in [0.25, 0.3) is 0 Å². The van der Waals surface area contributed by atoms with Crippen molar-refractivity contribution in [2.24, 2.45) is 0 Å². The number of benzene rings is 1. The first kappa shape index (κ1) is 13.0. The van der Waals surface area contributed by atoms with Crippen LogP contribution in [-0.2, 0) is 6.42 Å². The van der Waals surface area contributed by atoms with Crippen molar-refractivity contribution in [2.75, 3.05) is 0 Å². The van der Waals surface area contributed by atoms with Gasteiger partial charge in [-0.25, -0.2) is 0 Å². The molecule has 0 aliphatic rings. The molecule has 4 heteroatoms. The highest BCUT2D eigenvalue weighted by Gasteiger charge is 2.12. The van der Waals surface area contributed by atoms with E-state index in [-0.39, 0.29) is 5.78 Å². The highest BCUT2D eigenvalue weighted by molar-refractivity contribution is 9.10. The molecule has 0 atom stereocenters. The van der Waals surface area contributed by atoms with Crippen LogP contribution in [0.1, 0.15) is 20.8 Å². The van der Waals surface area contributed by atoms with Gasteiger partial charge in [0, 0.05) is 31.2 Å². The molecule has 0 aliphatic heterocycles. The maximum absolute atomic E-state index is 12.2. The Morgan fingerprint density at radius 2 is 2.12 bits per heavy atom. The molecule has 0 unspecified atom stereocenters. The highest BCUT2D eigenvalue weighted by atomic mass is 79.9. The first-order valence-corrected chi connectivity index (χ1v) is 7.55. The van der Waals surface area contributed by atoms with Crippen molar-refractivity contribution in [2.45, 2.75) is 13.3 Å². The standard InChI is InChI=1S/C13H10Br2OS/c1-8-3-2-4-11(13(8)15)12(16)6-10-5-9(14)7-17-10/h2-5,7H,6H2,1H3. The predicted octanol–water partition coefficient (Wildman–Crippen LogP) is 5.01. The molecule has 0 saturated heterocycles. The minimum atomic E-state index is 0.148. The molecule has 1 nitrogen and oxygen atoms in total. The molecule has 0 saturated carbocycles. The zero-order valence-corrected chi connectivity index (χ0v) is 13.2. The van der Waals surface area contributed by atoms with E-state index in [4.69, 9.17) is 0 Å². The van der Waals surface area contributed by atoms with Crippen molar-refractivity contribution >= 4 is 49.0 Å². The predicted molar refractivity (Wildman–Crippen MR) is 78.9 cm³/mol. The summed E-state index contributed by atoms with van der Waals surface area (Å²) < 4.78 is 1.94. The van der Waals surface area contributed by atoms with Gasteiger partial charge in [0.25, 0.3) is 0 Å². The van der Waals surface area contributed by atoms with E-state index in [9.17, 15) is 4.79 Å². The Balaban J connectivity index is 2.23. The summed E-state index contributed by atoms with van der Waals surface area (Å²) in [5, 5.41) is 1.99. The van der Waals surface area contributed by atoms with Gasteiger partial charge in [0.1, 0.15) is 0 Å². The van der Waals surface area contributed by atoms with Crippen LogP contribution in [-0.4, -0.2) is 5.78 Å². The smallest absolute Gasteiger partial charge is 0.169 e. The van der Waals surface area contributed by atoms with E-state index < -0.39 is 0 Å². The van der Waals surface area contributed by atoms with Gasteiger partial charge in [0.2, 0.25) is 0 Å². The fraction of sp³-hybridized carbons (Fsp3) is 0.154. The zero-order valence-electron chi connectivity index (χ0n) is 9.17. The number of ketones is 1. The molecule has 2 aromatic rings. The second kappa shape index (κ2) is 5.46. The second-order valence-electron chi connectivity index (χ2n) is 3.77. The summed E-state index contributed by atoms with van der Waals surface area (Å²) >= 11 is 8.47. The molecule has 0 bridgehead atoms. The van der Waals surface area contributed by atoms with E-state index in [1.807, 2.05) is 36.6 Å². The molecule has 0 spiro atoms. The van der Waals surface area contributed by atoms with Crippen LogP contribution in [0.2, 0.25) is 0 Å². The molecule has 0 N–H and O–H groups in total. The van der Waals surface area contributed by atoms with Gasteiger partial charge < -0.3 is 0 Å². The van der Waals surface area contributed by atoms with Crippen LogP contribution in [0.15, 0.2) is 38.6 Å². The number of carbonyl (C=O) groups excluding carboxylic acids is 1.